The zero-order chi connectivity index (χ0) is 10.7. The number of fused-ring (bicyclic) bond motifs is 1. The summed E-state index contributed by atoms with van der Waals surface area (Å²) >= 11 is 4.01. The molecule has 0 amide bonds. The van der Waals surface area contributed by atoms with Crippen LogP contribution in [0.15, 0.2) is 29.2 Å². The average molecular weight is 239 g/mol. The van der Waals surface area contributed by atoms with Gasteiger partial charge in [0.15, 0.2) is 0 Å². The Morgan fingerprint density at radius 2 is 2.33 bits per heavy atom. The van der Waals surface area contributed by atoms with Crippen molar-refractivity contribution in [2.45, 2.75) is 29.5 Å². The summed E-state index contributed by atoms with van der Waals surface area (Å²) in [6.45, 7) is 2.07. The van der Waals surface area contributed by atoms with Crippen LogP contribution in [0.5, 0.6) is 0 Å². The van der Waals surface area contributed by atoms with Crippen molar-refractivity contribution in [2.75, 3.05) is 11.5 Å². The van der Waals surface area contributed by atoms with E-state index in [1.807, 2.05) is 23.5 Å². The van der Waals surface area contributed by atoms with E-state index >= 15 is 0 Å². The Kier molecular flexibility index (Phi) is 4.00. The summed E-state index contributed by atoms with van der Waals surface area (Å²) in [6.07, 6.45) is 1.23. The molecule has 0 fully saturated rings. The second kappa shape index (κ2) is 5.28. The molecule has 0 radical (unpaired) electrons. The van der Waals surface area contributed by atoms with E-state index in [0.29, 0.717) is 6.04 Å². The van der Waals surface area contributed by atoms with Crippen LogP contribution in [0.25, 0.3) is 0 Å². The summed E-state index contributed by atoms with van der Waals surface area (Å²) in [5.74, 6) is 2.30. The van der Waals surface area contributed by atoms with Crippen molar-refractivity contribution in [2.24, 2.45) is 5.73 Å². The molecule has 0 aromatic heterocycles. The fourth-order valence-electron chi connectivity index (χ4n) is 1.73. The average Bonchev–Trinajstić information content (AvgIpc) is 2.59. The van der Waals surface area contributed by atoms with Gasteiger partial charge >= 0.3 is 0 Å². The summed E-state index contributed by atoms with van der Waals surface area (Å²) in [5.41, 5.74) is 7.26. The first kappa shape index (κ1) is 11.4. The van der Waals surface area contributed by atoms with Crippen LogP contribution in [0, 0.1) is 0 Å². The van der Waals surface area contributed by atoms with E-state index < -0.39 is 0 Å². The van der Waals surface area contributed by atoms with Gasteiger partial charge in [-0.3, -0.25) is 0 Å². The molecule has 82 valence electrons. The van der Waals surface area contributed by atoms with Gasteiger partial charge in [-0.1, -0.05) is 18.2 Å². The lowest BCUT2D eigenvalue weighted by Gasteiger charge is -2.09. The number of rotatable bonds is 4. The summed E-state index contributed by atoms with van der Waals surface area (Å²) in [5, 5.41) is 0.756. The fourth-order valence-corrected chi connectivity index (χ4v) is 4.26. The van der Waals surface area contributed by atoms with Crippen LogP contribution >= 0.6 is 23.5 Å². The zero-order valence-corrected chi connectivity index (χ0v) is 10.6. The maximum atomic E-state index is 5.73. The highest BCUT2D eigenvalue weighted by molar-refractivity contribution is 8.03. The lowest BCUT2D eigenvalue weighted by Crippen LogP contribution is -2.19. The van der Waals surface area contributed by atoms with Gasteiger partial charge in [0.2, 0.25) is 0 Å². The Bertz CT molecular complexity index is 300. The van der Waals surface area contributed by atoms with E-state index in [-0.39, 0.29) is 0 Å². The predicted molar refractivity (Wildman–Crippen MR) is 70.8 cm³/mol. The predicted octanol–water partition coefficient (Wildman–Crippen LogP) is 2.78. The molecule has 2 N–H and O–H groups in total. The highest BCUT2D eigenvalue weighted by Gasteiger charge is 2.21. The van der Waals surface area contributed by atoms with Gasteiger partial charge in [-0.15, -0.1) is 11.8 Å². The molecule has 0 spiro atoms. The third kappa shape index (κ3) is 3.16. The molecule has 0 saturated heterocycles. The number of hydrogen-bond acceptors (Lipinski definition) is 3. The van der Waals surface area contributed by atoms with Gasteiger partial charge < -0.3 is 5.73 Å². The standard InChI is InChI=1S/C12H17NS2/c1-9(13)7-14-8-11-6-10-4-2-3-5-12(10)15-11/h2-5,9,11H,6-8,13H2,1H3. The van der Waals surface area contributed by atoms with Crippen molar-refractivity contribution in [3.63, 3.8) is 0 Å². The molecule has 2 rings (SSSR count). The number of hydrogen-bond donors (Lipinski definition) is 1. The van der Waals surface area contributed by atoms with Crippen molar-refractivity contribution in [1.82, 2.24) is 0 Å². The topological polar surface area (TPSA) is 26.0 Å². The van der Waals surface area contributed by atoms with Crippen LogP contribution in [0.4, 0.5) is 0 Å². The molecule has 0 bridgehead atoms. The zero-order valence-electron chi connectivity index (χ0n) is 8.98. The van der Waals surface area contributed by atoms with Crippen LogP contribution in [-0.4, -0.2) is 22.8 Å². The monoisotopic (exact) mass is 239 g/mol. The molecule has 1 aromatic carbocycles. The fraction of sp³-hybridized carbons (Fsp3) is 0.500. The van der Waals surface area contributed by atoms with Crippen molar-refractivity contribution in [3.8, 4) is 0 Å². The minimum atomic E-state index is 0.323. The smallest absolute Gasteiger partial charge is 0.0226 e. The van der Waals surface area contributed by atoms with Crippen LogP contribution in [0.1, 0.15) is 12.5 Å². The maximum absolute atomic E-state index is 5.73. The minimum Gasteiger partial charge on any atom is -0.327 e. The van der Waals surface area contributed by atoms with Crippen molar-refractivity contribution in [3.05, 3.63) is 29.8 Å². The lowest BCUT2D eigenvalue weighted by atomic mass is 10.1. The Balaban J connectivity index is 1.80. The molecule has 2 atom stereocenters. The third-order valence-corrected chi connectivity index (χ3v) is 5.33. The first-order chi connectivity index (χ1) is 7.25. The van der Waals surface area contributed by atoms with Gasteiger partial charge in [-0.2, -0.15) is 11.8 Å². The number of benzene rings is 1. The molecule has 0 aliphatic carbocycles. The normalized spacial score (nSPS) is 21.3. The second-order valence-corrected chi connectivity index (χ2v) is 6.48. The van der Waals surface area contributed by atoms with Crippen LogP contribution in [0.3, 0.4) is 0 Å². The molecule has 2 unspecified atom stereocenters. The number of nitrogens with two attached hydrogens (primary N) is 1. The molecule has 1 aliphatic rings. The minimum absolute atomic E-state index is 0.323. The maximum Gasteiger partial charge on any atom is 0.0226 e. The van der Waals surface area contributed by atoms with Crippen LogP contribution < -0.4 is 5.73 Å². The van der Waals surface area contributed by atoms with Gasteiger partial charge in [0, 0.05) is 27.7 Å². The molecular formula is C12H17NS2. The van der Waals surface area contributed by atoms with Gasteiger partial charge in [0.25, 0.3) is 0 Å². The van der Waals surface area contributed by atoms with Gasteiger partial charge in [0.05, 0.1) is 0 Å². The van der Waals surface area contributed by atoms with E-state index in [9.17, 15) is 0 Å². The molecular weight excluding hydrogens is 222 g/mol. The molecule has 15 heavy (non-hydrogen) atoms. The first-order valence-electron chi connectivity index (χ1n) is 5.33. The quantitative estimate of drug-likeness (QED) is 0.875. The first-order valence-corrected chi connectivity index (χ1v) is 7.37. The third-order valence-electron chi connectivity index (χ3n) is 2.40. The van der Waals surface area contributed by atoms with E-state index in [1.54, 1.807) is 0 Å². The Morgan fingerprint density at radius 1 is 1.53 bits per heavy atom. The highest BCUT2D eigenvalue weighted by atomic mass is 32.2. The molecule has 1 aromatic rings. The van der Waals surface area contributed by atoms with E-state index in [4.69, 9.17) is 5.73 Å². The van der Waals surface area contributed by atoms with E-state index in [2.05, 4.69) is 31.2 Å². The van der Waals surface area contributed by atoms with E-state index in [1.165, 1.54) is 22.6 Å². The van der Waals surface area contributed by atoms with Crippen molar-refractivity contribution in [1.29, 1.82) is 0 Å². The molecule has 1 nitrogen and oxygen atoms in total. The molecule has 3 heteroatoms. The van der Waals surface area contributed by atoms with Gasteiger partial charge in [-0.05, 0) is 25.0 Å². The number of thioether (sulfide) groups is 2. The SMILES string of the molecule is CC(N)CSCC1Cc2ccccc2S1. The highest BCUT2D eigenvalue weighted by Crippen LogP contribution is 2.38. The van der Waals surface area contributed by atoms with Crippen molar-refractivity contribution >= 4 is 23.5 Å². The summed E-state index contributed by atoms with van der Waals surface area (Å²) in [6, 6.07) is 9.07. The Hall–Kier alpha value is -0.120. The van der Waals surface area contributed by atoms with Crippen LogP contribution in [-0.2, 0) is 6.42 Å². The largest absolute Gasteiger partial charge is 0.327 e. The Labute approximate surface area is 100 Å². The summed E-state index contributed by atoms with van der Waals surface area (Å²) in [4.78, 5) is 1.48. The molecule has 0 saturated carbocycles. The van der Waals surface area contributed by atoms with Gasteiger partial charge in [-0.25, -0.2) is 0 Å². The van der Waals surface area contributed by atoms with Crippen molar-refractivity contribution < 1.29 is 0 Å². The summed E-state index contributed by atoms with van der Waals surface area (Å²) < 4.78 is 0. The van der Waals surface area contributed by atoms with Gasteiger partial charge in [0.1, 0.15) is 0 Å². The summed E-state index contributed by atoms with van der Waals surface area (Å²) in [7, 11) is 0. The lowest BCUT2D eigenvalue weighted by molar-refractivity contribution is 0.845. The Morgan fingerprint density at radius 3 is 3.07 bits per heavy atom. The second-order valence-electron chi connectivity index (χ2n) is 4.07. The molecule has 1 aliphatic heterocycles. The van der Waals surface area contributed by atoms with E-state index in [0.717, 1.165) is 11.0 Å². The van der Waals surface area contributed by atoms with Crippen LogP contribution in [0.2, 0.25) is 0 Å². The molecule has 1 heterocycles.